The first-order valence-electron chi connectivity index (χ1n) is 5.65. The Bertz CT molecular complexity index is 444. The van der Waals surface area contributed by atoms with Crippen LogP contribution in [0.1, 0.15) is 18.9 Å². The number of hydrogen-bond donors (Lipinski definition) is 2. The summed E-state index contributed by atoms with van der Waals surface area (Å²) in [4.78, 5) is 10.8. The van der Waals surface area contributed by atoms with Crippen LogP contribution in [0.3, 0.4) is 0 Å². The number of carbonyl (C=O) groups is 1. The lowest BCUT2D eigenvalue weighted by Gasteiger charge is -2.14. The van der Waals surface area contributed by atoms with Crippen LogP contribution in [0.15, 0.2) is 30.5 Å². The van der Waals surface area contributed by atoms with Gasteiger partial charge in [-0.2, -0.15) is 0 Å². The molecule has 0 unspecified atom stereocenters. The first kappa shape index (κ1) is 14.1. The maximum atomic E-state index is 10.8. The van der Waals surface area contributed by atoms with E-state index in [1.165, 1.54) is 11.9 Å². The molecule has 1 rings (SSSR count). The second-order valence-electron chi connectivity index (χ2n) is 4.01. The number of rotatable bonds is 6. The average Bonchev–Trinajstić information content (AvgIpc) is 2.36. The van der Waals surface area contributed by atoms with E-state index in [-0.39, 0.29) is 5.78 Å². The first-order chi connectivity index (χ1) is 8.52. The number of hydrogen-bond acceptors (Lipinski definition) is 5. The van der Waals surface area contributed by atoms with Crippen molar-refractivity contribution in [3.8, 4) is 5.75 Å². The van der Waals surface area contributed by atoms with Crippen molar-refractivity contribution in [2.24, 2.45) is 11.6 Å². The van der Waals surface area contributed by atoms with Gasteiger partial charge in [-0.1, -0.05) is 12.1 Å². The second-order valence-corrected chi connectivity index (χ2v) is 4.01. The van der Waals surface area contributed by atoms with Crippen LogP contribution in [0, 0.1) is 0 Å². The average molecular weight is 249 g/mol. The Morgan fingerprint density at radius 2 is 2.22 bits per heavy atom. The summed E-state index contributed by atoms with van der Waals surface area (Å²) in [7, 11) is 1.60. The molecule has 18 heavy (non-hydrogen) atoms. The number of Topliss-reactive ketones (excluding diaryl/α,β-unsaturated/α-hetero) is 1. The Morgan fingerprint density at radius 1 is 1.50 bits per heavy atom. The highest BCUT2D eigenvalue weighted by Gasteiger charge is 2.02. The minimum absolute atomic E-state index is 0.0961. The van der Waals surface area contributed by atoms with Gasteiger partial charge in [-0.3, -0.25) is 4.79 Å². The van der Waals surface area contributed by atoms with Crippen LogP contribution in [0.25, 0.3) is 5.70 Å². The Labute approximate surface area is 107 Å². The summed E-state index contributed by atoms with van der Waals surface area (Å²) >= 11 is 0. The zero-order valence-corrected chi connectivity index (χ0v) is 10.7. The molecule has 5 nitrogen and oxygen atoms in total. The smallest absolute Gasteiger partial charge is 0.131 e. The summed E-state index contributed by atoms with van der Waals surface area (Å²) in [5.74, 6) is 6.55. The van der Waals surface area contributed by atoms with Crippen molar-refractivity contribution >= 4 is 11.5 Å². The Hall–Kier alpha value is -2.01. The highest BCUT2D eigenvalue weighted by atomic mass is 16.5. The maximum absolute atomic E-state index is 10.8. The molecule has 98 valence electrons. The molecule has 0 saturated carbocycles. The molecule has 0 bridgehead atoms. The Kier molecular flexibility index (Phi) is 5.20. The van der Waals surface area contributed by atoms with Crippen molar-refractivity contribution in [1.82, 2.24) is 5.01 Å². The number of carbonyl (C=O) groups excluding carboxylic acids is 1. The molecule has 0 aromatic heterocycles. The topological polar surface area (TPSA) is 81.6 Å². The molecule has 0 spiro atoms. The van der Waals surface area contributed by atoms with E-state index in [0.717, 1.165) is 11.3 Å². The van der Waals surface area contributed by atoms with E-state index in [2.05, 4.69) is 0 Å². The van der Waals surface area contributed by atoms with Crippen LogP contribution >= 0.6 is 0 Å². The number of methoxy groups -OCH3 is 1. The molecule has 5 heteroatoms. The van der Waals surface area contributed by atoms with Gasteiger partial charge in [-0.05, 0) is 19.1 Å². The summed E-state index contributed by atoms with van der Waals surface area (Å²) < 4.78 is 5.12. The molecule has 1 aromatic carbocycles. The minimum Gasteiger partial charge on any atom is -0.497 e. The van der Waals surface area contributed by atoms with Crippen LogP contribution in [0.4, 0.5) is 0 Å². The van der Waals surface area contributed by atoms with E-state index >= 15 is 0 Å². The lowest BCUT2D eigenvalue weighted by atomic mass is 10.1. The Balaban J connectivity index is 2.72. The van der Waals surface area contributed by atoms with Gasteiger partial charge in [0.2, 0.25) is 0 Å². The lowest BCUT2D eigenvalue weighted by Crippen LogP contribution is -2.28. The summed E-state index contributed by atoms with van der Waals surface area (Å²) in [5.41, 5.74) is 7.28. The lowest BCUT2D eigenvalue weighted by molar-refractivity contribution is -0.117. The minimum atomic E-state index is 0.0961. The highest BCUT2D eigenvalue weighted by Crippen LogP contribution is 2.16. The molecule has 0 aliphatic heterocycles. The third-order valence-electron chi connectivity index (χ3n) is 2.43. The molecule has 0 amide bonds. The zero-order valence-electron chi connectivity index (χ0n) is 10.7. The van der Waals surface area contributed by atoms with Crippen LogP contribution in [-0.2, 0) is 4.79 Å². The Morgan fingerprint density at radius 3 is 2.83 bits per heavy atom. The van der Waals surface area contributed by atoms with Crippen LogP contribution in [-0.4, -0.2) is 24.4 Å². The second kappa shape index (κ2) is 6.66. The van der Waals surface area contributed by atoms with Crippen molar-refractivity contribution in [2.45, 2.75) is 13.3 Å². The summed E-state index contributed by atoms with van der Waals surface area (Å²) in [5, 5.41) is 1.41. The van der Waals surface area contributed by atoms with Crippen LogP contribution in [0.2, 0.25) is 0 Å². The number of nitrogens with zero attached hydrogens (tertiary/aromatic N) is 1. The van der Waals surface area contributed by atoms with E-state index in [4.69, 9.17) is 16.3 Å². The third kappa shape index (κ3) is 4.47. The van der Waals surface area contributed by atoms with Crippen molar-refractivity contribution < 1.29 is 9.53 Å². The number of nitrogens with two attached hydrogens (primary N) is 2. The molecule has 0 atom stereocenters. The molecule has 0 aliphatic rings. The van der Waals surface area contributed by atoms with E-state index < -0.39 is 0 Å². The van der Waals surface area contributed by atoms with Crippen molar-refractivity contribution in [2.75, 3.05) is 13.7 Å². The highest BCUT2D eigenvalue weighted by molar-refractivity contribution is 5.75. The molecular formula is C13H19N3O2. The quantitative estimate of drug-likeness (QED) is 0.583. The fourth-order valence-corrected chi connectivity index (χ4v) is 1.41. The van der Waals surface area contributed by atoms with E-state index in [0.29, 0.717) is 18.7 Å². The number of ether oxygens (including phenoxy) is 1. The van der Waals surface area contributed by atoms with Gasteiger partial charge in [0.05, 0.1) is 12.8 Å². The third-order valence-corrected chi connectivity index (χ3v) is 2.43. The SMILES string of the molecule is COc1cccc(/C(N)=C/N(N)CCC(C)=O)c1. The predicted octanol–water partition coefficient (Wildman–Crippen LogP) is 1.11. The standard InChI is InChI=1S/C13H19N3O2/c1-10(17)6-7-16(15)9-13(14)11-4-3-5-12(8-11)18-2/h3-5,8-9H,6-7,14-15H2,1-2H3/b13-9-. The van der Waals surface area contributed by atoms with Crippen molar-refractivity contribution in [1.29, 1.82) is 0 Å². The molecule has 4 N–H and O–H groups in total. The number of benzene rings is 1. The molecular weight excluding hydrogens is 230 g/mol. The van der Waals surface area contributed by atoms with Crippen molar-refractivity contribution in [3.05, 3.63) is 36.0 Å². The monoisotopic (exact) mass is 249 g/mol. The van der Waals surface area contributed by atoms with E-state index in [9.17, 15) is 4.79 Å². The van der Waals surface area contributed by atoms with Gasteiger partial charge < -0.3 is 15.5 Å². The maximum Gasteiger partial charge on any atom is 0.131 e. The first-order valence-corrected chi connectivity index (χ1v) is 5.65. The van der Waals surface area contributed by atoms with Gasteiger partial charge in [0.1, 0.15) is 11.5 Å². The zero-order chi connectivity index (χ0) is 13.5. The van der Waals surface area contributed by atoms with E-state index in [1.54, 1.807) is 13.3 Å². The molecule has 0 heterocycles. The summed E-state index contributed by atoms with van der Waals surface area (Å²) in [6.07, 6.45) is 2.01. The van der Waals surface area contributed by atoms with Gasteiger partial charge in [-0.25, -0.2) is 5.84 Å². The summed E-state index contributed by atoms with van der Waals surface area (Å²) in [6.45, 7) is 1.98. The number of hydrazine groups is 1. The van der Waals surface area contributed by atoms with Gasteiger partial charge in [0, 0.05) is 24.7 Å². The fourth-order valence-electron chi connectivity index (χ4n) is 1.41. The van der Waals surface area contributed by atoms with Gasteiger partial charge in [0.15, 0.2) is 0 Å². The van der Waals surface area contributed by atoms with E-state index in [1.807, 2.05) is 24.3 Å². The van der Waals surface area contributed by atoms with Gasteiger partial charge in [-0.15, -0.1) is 0 Å². The molecule has 0 radical (unpaired) electrons. The van der Waals surface area contributed by atoms with Crippen LogP contribution < -0.4 is 16.3 Å². The molecule has 0 saturated heterocycles. The predicted molar refractivity (Wildman–Crippen MR) is 71.3 cm³/mol. The molecule has 0 aliphatic carbocycles. The molecule has 0 fully saturated rings. The van der Waals surface area contributed by atoms with Gasteiger partial charge >= 0.3 is 0 Å². The van der Waals surface area contributed by atoms with Gasteiger partial charge in [0.25, 0.3) is 0 Å². The number of ketones is 1. The summed E-state index contributed by atoms with van der Waals surface area (Å²) in [6, 6.07) is 7.38. The van der Waals surface area contributed by atoms with Crippen molar-refractivity contribution in [3.63, 3.8) is 0 Å². The fraction of sp³-hybridized carbons (Fsp3) is 0.308. The largest absolute Gasteiger partial charge is 0.497 e. The normalized spacial score (nSPS) is 11.2. The van der Waals surface area contributed by atoms with Crippen LogP contribution in [0.5, 0.6) is 5.75 Å². The molecule has 1 aromatic rings.